The minimum absolute atomic E-state index is 0.0145. The predicted octanol–water partition coefficient (Wildman–Crippen LogP) is 6.13. The van der Waals surface area contributed by atoms with Crippen LogP contribution < -0.4 is 0 Å². The molecule has 0 aromatic heterocycles. The molecule has 4 rings (SSSR count). The Bertz CT molecular complexity index is 892. The largest absolute Gasteiger partial charge is 0.393 e. The van der Waals surface area contributed by atoms with Crippen LogP contribution in [0, 0.1) is 69.5 Å². The first-order chi connectivity index (χ1) is 20.1. The highest BCUT2D eigenvalue weighted by atomic mass is 16.7. The summed E-state index contributed by atoms with van der Waals surface area (Å²) in [6, 6.07) is 0. The van der Waals surface area contributed by atoms with Crippen LogP contribution in [0.1, 0.15) is 99.8 Å². The van der Waals surface area contributed by atoms with E-state index in [2.05, 4.69) is 41.5 Å². The van der Waals surface area contributed by atoms with Crippen LogP contribution in [0.3, 0.4) is 0 Å². The Morgan fingerprint density at radius 3 is 1.88 bits per heavy atom. The monoisotopic (exact) mass is 610 g/mol. The smallest absolute Gasteiger partial charge is 0.157 e. The molecule has 0 aromatic rings. The molecule has 7 nitrogen and oxygen atoms in total. The summed E-state index contributed by atoms with van der Waals surface area (Å²) < 4.78 is 22.6. The van der Waals surface area contributed by atoms with Crippen molar-refractivity contribution in [2.75, 3.05) is 28.4 Å². The van der Waals surface area contributed by atoms with Crippen molar-refractivity contribution in [1.29, 1.82) is 0 Å². The Hall–Kier alpha value is -0.280. The van der Waals surface area contributed by atoms with E-state index in [0.29, 0.717) is 23.7 Å². The van der Waals surface area contributed by atoms with Gasteiger partial charge in [0.05, 0.1) is 18.3 Å². The topological polar surface area (TPSA) is 97.6 Å². The van der Waals surface area contributed by atoms with Gasteiger partial charge in [-0.25, -0.2) is 0 Å². The van der Waals surface area contributed by atoms with Gasteiger partial charge in [0, 0.05) is 52.6 Å². The van der Waals surface area contributed by atoms with Crippen LogP contribution in [0.4, 0.5) is 0 Å². The van der Waals surface area contributed by atoms with Gasteiger partial charge >= 0.3 is 0 Å². The van der Waals surface area contributed by atoms with E-state index in [0.717, 1.165) is 44.9 Å². The fraction of sp³-hybridized carbons (Fsp3) is 1.00. The van der Waals surface area contributed by atoms with Crippen molar-refractivity contribution in [3.8, 4) is 0 Å². The molecule has 7 heteroatoms. The maximum Gasteiger partial charge on any atom is 0.157 e. The molecule has 14 atom stereocenters. The minimum Gasteiger partial charge on any atom is -0.393 e. The molecule has 4 saturated carbocycles. The highest BCUT2D eigenvalue weighted by Crippen LogP contribution is 2.73. The second kappa shape index (κ2) is 13.4. The van der Waals surface area contributed by atoms with Crippen molar-refractivity contribution in [1.82, 2.24) is 0 Å². The van der Waals surface area contributed by atoms with E-state index in [1.54, 1.807) is 28.4 Å². The van der Waals surface area contributed by atoms with Crippen LogP contribution in [-0.2, 0) is 18.9 Å². The van der Waals surface area contributed by atoms with Crippen LogP contribution >= 0.6 is 0 Å². The second-order valence-corrected chi connectivity index (χ2v) is 16.6. The molecule has 0 aromatic carbocycles. The SMILES string of the molecule is COC(CC(CC(OC)OC)CC1CCC(C)C2C(O)C3C(C)C4(C)C(O)C(C(C)O)C(C)CC4(C)CC3(C)CC12)OC. The molecule has 43 heavy (non-hydrogen) atoms. The number of aliphatic hydroxyl groups is 3. The van der Waals surface area contributed by atoms with Crippen molar-refractivity contribution in [2.45, 2.75) is 131 Å². The average molecular weight is 611 g/mol. The third-order valence-electron chi connectivity index (χ3n) is 14.3. The third-order valence-corrected chi connectivity index (χ3v) is 14.3. The van der Waals surface area contributed by atoms with Gasteiger partial charge in [-0.3, -0.25) is 0 Å². The molecule has 0 heterocycles. The zero-order valence-electron chi connectivity index (χ0n) is 29.2. The number of aliphatic hydroxyl groups excluding tert-OH is 3. The summed E-state index contributed by atoms with van der Waals surface area (Å²) in [7, 11) is 6.82. The van der Waals surface area contributed by atoms with E-state index < -0.39 is 18.3 Å². The lowest BCUT2D eigenvalue weighted by Gasteiger charge is -2.72. The van der Waals surface area contributed by atoms with Crippen molar-refractivity contribution in [2.24, 2.45) is 69.5 Å². The van der Waals surface area contributed by atoms with Crippen molar-refractivity contribution >= 4 is 0 Å². The normalized spacial score (nSPS) is 47.4. The molecule has 14 unspecified atom stereocenters. The summed E-state index contributed by atoms with van der Waals surface area (Å²) in [4.78, 5) is 0. The van der Waals surface area contributed by atoms with Gasteiger partial charge in [-0.05, 0) is 97.2 Å². The maximum atomic E-state index is 12.5. The van der Waals surface area contributed by atoms with Gasteiger partial charge in [-0.2, -0.15) is 0 Å². The quantitative estimate of drug-likeness (QED) is 0.242. The van der Waals surface area contributed by atoms with E-state index in [1.165, 1.54) is 6.42 Å². The molecule has 0 spiro atoms. The molecule has 0 bridgehead atoms. The molecule has 252 valence electrons. The number of fused-ring (bicyclic) bond motifs is 3. The first-order valence-electron chi connectivity index (χ1n) is 17.3. The summed E-state index contributed by atoms with van der Waals surface area (Å²) in [5.74, 6) is 2.36. The van der Waals surface area contributed by atoms with Gasteiger partial charge in [0.2, 0.25) is 0 Å². The molecule has 4 aliphatic carbocycles. The molecule has 4 aliphatic rings. The molecule has 0 aliphatic heterocycles. The fourth-order valence-electron chi connectivity index (χ4n) is 12.3. The van der Waals surface area contributed by atoms with E-state index in [4.69, 9.17) is 18.9 Å². The number of rotatable bonds is 11. The second-order valence-electron chi connectivity index (χ2n) is 16.6. The van der Waals surface area contributed by atoms with Crippen LogP contribution in [0.2, 0.25) is 0 Å². The first kappa shape index (κ1) is 35.6. The van der Waals surface area contributed by atoms with E-state index >= 15 is 0 Å². The maximum absolute atomic E-state index is 12.5. The third kappa shape index (κ3) is 6.12. The van der Waals surface area contributed by atoms with E-state index in [-0.39, 0.29) is 58.4 Å². The summed E-state index contributed by atoms with van der Waals surface area (Å²) in [6.45, 7) is 15.9. The first-order valence-corrected chi connectivity index (χ1v) is 17.3. The van der Waals surface area contributed by atoms with Gasteiger partial charge < -0.3 is 34.3 Å². The molecule has 0 saturated heterocycles. The Morgan fingerprint density at radius 1 is 0.814 bits per heavy atom. The van der Waals surface area contributed by atoms with Crippen LogP contribution in [0.25, 0.3) is 0 Å². The van der Waals surface area contributed by atoms with Crippen LogP contribution in [0.5, 0.6) is 0 Å². The zero-order chi connectivity index (χ0) is 32.1. The van der Waals surface area contributed by atoms with Gasteiger partial charge in [0.15, 0.2) is 12.6 Å². The lowest BCUT2D eigenvalue weighted by molar-refractivity contribution is -0.279. The Kier molecular flexibility index (Phi) is 11.1. The number of ether oxygens (including phenoxy) is 4. The Morgan fingerprint density at radius 2 is 1.37 bits per heavy atom. The van der Waals surface area contributed by atoms with Crippen LogP contribution in [0.15, 0.2) is 0 Å². The molecule has 4 fully saturated rings. The van der Waals surface area contributed by atoms with Crippen LogP contribution in [-0.4, -0.2) is 74.7 Å². The summed E-state index contributed by atoms with van der Waals surface area (Å²) in [5, 5.41) is 35.3. The standard InChI is InChI=1S/C36H66O7/c1-20-12-13-25(14-24(15-27(40-8)41-9)16-28(42-10)43-11)26-18-34(5)19-35(6)17-21(2)29(23(4)37)33(39)36(35,7)22(3)31(34)32(38)30(20)26/h20-33,37-39H,12-19H2,1-11H3. The van der Waals surface area contributed by atoms with Gasteiger partial charge in [0.1, 0.15) is 0 Å². The van der Waals surface area contributed by atoms with Crippen molar-refractivity contribution in [3.05, 3.63) is 0 Å². The summed E-state index contributed by atoms with van der Waals surface area (Å²) in [5.41, 5.74) is -0.452. The van der Waals surface area contributed by atoms with Crippen molar-refractivity contribution < 1.29 is 34.3 Å². The Balaban J connectivity index is 1.66. The van der Waals surface area contributed by atoms with Gasteiger partial charge in [-0.15, -0.1) is 0 Å². The molecule has 0 radical (unpaired) electrons. The average Bonchev–Trinajstić information content (AvgIpc) is 2.93. The molecular formula is C36H66O7. The lowest BCUT2D eigenvalue weighted by Crippen LogP contribution is -2.70. The Labute approximate surface area is 262 Å². The number of methoxy groups -OCH3 is 4. The predicted molar refractivity (Wildman–Crippen MR) is 169 cm³/mol. The number of hydrogen-bond donors (Lipinski definition) is 3. The molecule has 0 amide bonds. The number of hydrogen-bond acceptors (Lipinski definition) is 7. The highest BCUT2D eigenvalue weighted by Gasteiger charge is 2.70. The van der Waals surface area contributed by atoms with E-state index in [1.807, 2.05) is 6.92 Å². The minimum atomic E-state index is -0.591. The fourth-order valence-corrected chi connectivity index (χ4v) is 12.3. The van der Waals surface area contributed by atoms with Crippen molar-refractivity contribution in [3.63, 3.8) is 0 Å². The van der Waals surface area contributed by atoms with Gasteiger partial charge in [-0.1, -0.05) is 48.0 Å². The zero-order valence-corrected chi connectivity index (χ0v) is 29.2. The lowest BCUT2D eigenvalue weighted by atomic mass is 9.34. The van der Waals surface area contributed by atoms with Gasteiger partial charge in [0.25, 0.3) is 0 Å². The summed E-state index contributed by atoms with van der Waals surface area (Å²) >= 11 is 0. The highest BCUT2D eigenvalue weighted by molar-refractivity contribution is 5.18. The van der Waals surface area contributed by atoms with E-state index in [9.17, 15) is 15.3 Å². The molecule has 3 N–H and O–H groups in total. The summed E-state index contributed by atoms with van der Waals surface area (Å²) in [6.07, 6.45) is 5.99. The molecular weight excluding hydrogens is 544 g/mol.